The largest absolute Gasteiger partial charge is 0.397 e. The van der Waals surface area contributed by atoms with Crippen LogP contribution in [0.4, 0.5) is 11.5 Å². The number of carbonyl (C=O) groups excluding carboxylic acids is 1. The van der Waals surface area contributed by atoms with Gasteiger partial charge < -0.3 is 16.8 Å². The number of benzene rings is 1. The molecule has 0 radical (unpaired) electrons. The lowest BCUT2D eigenvalue weighted by molar-refractivity contribution is 0.0945. The van der Waals surface area contributed by atoms with Gasteiger partial charge in [-0.1, -0.05) is 30.3 Å². The first kappa shape index (κ1) is 15.8. The van der Waals surface area contributed by atoms with E-state index in [0.29, 0.717) is 20.8 Å². The molecule has 0 saturated heterocycles. The molecule has 6 nitrogen and oxygen atoms in total. The third-order valence-corrected chi connectivity index (χ3v) is 4.84. The zero-order chi connectivity index (χ0) is 17.3. The van der Waals surface area contributed by atoms with Gasteiger partial charge in [-0.25, -0.2) is 4.98 Å². The highest BCUT2D eigenvalue weighted by molar-refractivity contribution is 7.21. The number of rotatable bonds is 3. The van der Waals surface area contributed by atoms with Crippen molar-refractivity contribution in [3.8, 4) is 6.07 Å². The Kier molecular flexibility index (Phi) is 4.06. The summed E-state index contributed by atoms with van der Waals surface area (Å²) in [6.45, 7) is 1.90. The Hall–Kier alpha value is -3.11. The van der Waals surface area contributed by atoms with Crippen LogP contribution in [-0.4, -0.2) is 10.9 Å². The number of fused-ring (bicyclic) bond motifs is 1. The van der Waals surface area contributed by atoms with Crippen molar-refractivity contribution in [2.24, 2.45) is 0 Å². The van der Waals surface area contributed by atoms with E-state index in [1.165, 1.54) is 0 Å². The topological polar surface area (TPSA) is 118 Å². The molecule has 2 heterocycles. The van der Waals surface area contributed by atoms with Crippen LogP contribution in [0.5, 0.6) is 0 Å². The van der Waals surface area contributed by atoms with Crippen molar-refractivity contribution in [1.29, 1.82) is 5.26 Å². The zero-order valence-corrected chi connectivity index (χ0v) is 13.7. The summed E-state index contributed by atoms with van der Waals surface area (Å²) in [5, 5.41) is 12.5. The number of nitriles is 1. The molecule has 0 spiro atoms. The Bertz CT molecular complexity index is 959. The molecular weight excluding hydrogens is 322 g/mol. The highest BCUT2D eigenvalue weighted by atomic mass is 32.1. The molecule has 0 saturated carbocycles. The first-order valence-electron chi connectivity index (χ1n) is 7.25. The molecule has 0 aliphatic rings. The number of aromatic nitrogens is 1. The molecule has 0 bridgehead atoms. The van der Waals surface area contributed by atoms with Crippen LogP contribution in [0.25, 0.3) is 10.2 Å². The van der Waals surface area contributed by atoms with Gasteiger partial charge in [0, 0.05) is 5.39 Å². The number of carbonyl (C=O) groups is 1. The second kappa shape index (κ2) is 6.18. The highest BCUT2D eigenvalue weighted by Crippen LogP contribution is 2.34. The van der Waals surface area contributed by atoms with Gasteiger partial charge in [-0.2, -0.15) is 5.26 Å². The van der Waals surface area contributed by atoms with Crippen LogP contribution >= 0.6 is 11.3 Å². The van der Waals surface area contributed by atoms with Crippen molar-refractivity contribution >= 4 is 39.0 Å². The second-order valence-electron chi connectivity index (χ2n) is 5.34. The van der Waals surface area contributed by atoms with Gasteiger partial charge in [-0.3, -0.25) is 4.79 Å². The maximum absolute atomic E-state index is 12.6. The molecule has 0 fully saturated rings. The molecular formula is C17H15N5OS. The predicted octanol–water partition coefficient (Wildman–Crippen LogP) is 2.82. The molecule has 7 heteroatoms. The number of nitrogens with two attached hydrogens (primary N) is 2. The van der Waals surface area contributed by atoms with Crippen LogP contribution in [0.3, 0.4) is 0 Å². The molecule has 1 atom stereocenters. The Balaban J connectivity index is 1.93. The average molecular weight is 337 g/mol. The Morgan fingerprint density at radius 1 is 1.33 bits per heavy atom. The van der Waals surface area contributed by atoms with Crippen molar-refractivity contribution in [2.75, 3.05) is 11.5 Å². The predicted molar refractivity (Wildman–Crippen MR) is 95.5 cm³/mol. The molecule has 1 unspecified atom stereocenters. The minimum Gasteiger partial charge on any atom is -0.397 e. The molecule has 2 aromatic heterocycles. The summed E-state index contributed by atoms with van der Waals surface area (Å²) >= 11 is 1.16. The maximum atomic E-state index is 12.6. The molecule has 1 aromatic carbocycles. The van der Waals surface area contributed by atoms with Crippen molar-refractivity contribution in [2.45, 2.75) is 13.0 Å². The summed E-state index contributed by atoms with van der Waals surface area (Å²) in [5.74, 6) is -0.139. The first-order chi connectivity index (χ1) is 11.5. The maximum Gasteiger partial charge on any atom is 0.264 e. The average Bonchev–Trinajstić information content (AvgIpc) is 2.90. The van der Waals surface area contributed by atoms with Gasteiger partial charge in [0.05, 0.1) is 17.3 Å². The Labute approximate surface area is 142 Å². The number of hydrogen-bond acceptors (Lipinski definition) is 6. The molecule has 0 aliphatic heterocycles. The Morgan fingerprint density at radius 3 is 2.71 bits per heavy atom. The third-order valence-electron chi connectivity index (χ3n) is 3.72. The lowest BCUT2D eigenvalue weighted by Gasteiger charge is -2.13. The minimum absolute atomic E-state index is 0.135. The van der Waals surface area contributed by atoms with E-state index in [0.717, 1.165) is 16.9 Å². The van der Waals surface area contributed by atoms with Crippen molar-refractivity contribution in [1.82, 2.24) is 10.3 Å². The summed E-state index contributed by atoms with van der Waals surface area (Å²) in [4.78, 5) is 17.6. The van der Waals surface area contributed by atoms with Gasteiger partial charge >= 0.3 is 0 Å². The van der Waals surface area contributed by atoms with Crippen LogP contribution in [0.2, 0.25) is 0 Å². The summed E-state index contributed by atoms with van der Waals surface area (Å²) < 4.78 is 0. The van der Waals surface area contributed by atoms with E-state index in [1.54, 1.807) is 6.07 Å². The van der Waals surface area contributed by atoms with Crippen LogP contribution in [0.1, 0.15) is 33.8 Å². The van der Waals surface area contributed by atoms with Crippen molar-refractivity contribution in [3.63, 3.8) is 0 Å². The molecule has 24 heavy (non-hydrogen) atoms. The number of amides is 1. The number of hydrogen-bond donors (Lipinski definition) is 3. The number of nitrogen functional groups attached to an aromatic ring is 2. The quantitative estimate of drug-likeness (QED) is 0.679. The fourth-order valence-electron chi connectivity index (χ4n) is 2.40. The standard InChI is InChI=1S/C17H15N5OS/c1-9(10-5-3-2-4-6-10)21-16(23)14-13(19)12-7-11(8-18)15(20)22-17(12)24-14/h2-7,9H,19H2,1H3,(H2,20,22)(H,21,23). The number of pyridine rings is 1. The van der Waals surface area contributed by atoms with Crippen molar-refractivity contribution in [3.05, 3.63) is 52.4 Å². The Morgan fingerprint density at radius 2 is 2.04 bits per heavy atom. The van der Waals surface area contributed by atoms with Gasteiger partial charge in [0.25, 0.3) is 5.91 Å². The van der Waals surface area contributed by atoms with Gasteiger partial charge in [-0.15, -0.1) is 11.3 Å². The molecule has 0 aliphatic carbocycles. The zero-order valence-electron chi connectivity index (χ0n) is 12.9. The minimum atomic E-state index is -0.274. The monoisotopic (exact) mass is 337 g/mol. The number of thiophene rings is 1. The van der Waals surface area contributed by atoms with Crippen molar-refractivity contribution < 1.29 is 4.79 Å². The molecule has 3 aromatic rings. The summed E-state index contributed by atoms with van der Waals surface area (Å²) in [5.41, 5.74) is 13.4. The van der Waals surface area contributed by atoms with Gasteiger partial charge in [0.2, 0.25) is 0 Å². The van der Waals surface area contributed by atoms with Crippen LogP contribution in [0.15, 0.2) is 36.4 Å². The van der Waals surface area contributed by atoms with E-state index < -0.39 is 0 Å². The van der Waals surface area contributed by atoms with E-state index >= 15 is 0 Å². The fourth-order valence-corrected chi connectivity index (χ4v) is 3.39. The fraction of sp³-hybridized carbons (Fsp3) is 0.118. The van der Waals surface area contributed by atoms with E-state index in [2.05, 4.69) is 10.3 Å². The molecule has 120 valence electrons. The summed E-state index contributed by atoms with van der Waals surface area (Å²) in [6.07, 6.45) is 0. The van der Waals surface area contributed by atoms with Gasteiger partial charge in [0.1, 0.15) is 21.6 Å². The highest BCUT2D eigenvalue weighted by Gasteiger charge is 2.20. The smallest absolute Gasteiger partial charge is 0.264 e. The van der Waals surface area contributed by atoms with Gasteiger partial charge in [-0.05, 0) is 18.6 Å². The lowest BCUT2D eigenvalue weighted by Crippen LogP contribution is -2.26. The van der Waals surface area contributed by atoms with E-state index in [1.807, 2.05) is 43.3 Å². The normalized spacial score (nSPS) is 11.8. The van der Waals surface area contributed by atoms with E-state index in [4.69, 9.17) is 16.7 Å². The van der Waals surface area contributed by atoms with E-state index in [9.17, 15) is 4.79 Å². The van der Waals surface area contributed by atoms with Crippen LogP contribution < -0.4 is 16.8 Å². The van der Waals surface area contributed by atoms with Crippen LogP contribution in [0, 0.1) is 11.3 Å². The summed E-state index contributed by atoms with van der Waals surface area (Å²) in [7, 11) is 0. The van der Waals surface area contributed by atoms with Crippen LogP contribution in [-0.2, 0) is 0 Å². The molecule has 3 rings (SSSR count). The van der Waals surface area contributed by atoms with E-state index in [-0.39, 0.29) is 23.3 Å². The second-order valence-corrected chi connectivity index (χ2v) is 6.34. The number of nitrogens with one attached hydrogen (secondary N) is 1. The summed E-state index contributed by atoms with van der Waals surface area (Å²) in [6, 6.07) is 13.0. The third kappa shape index (κ3) is 2.75. The SMILES string of the molecule is CC(NC(=O)c1sc2nc(N)c(C#N)cc2c1N)c1ccccc1. The number of anilines is 2. The molecule has 1 amide bonds. The number of nitrogens with zero attached hydrogens (tertiary/aromatic N) is 2. The van der Waals surface area contributed by atoms with Gasteiger partial charge in [0.15, 0.2) is 0 Å². The first-order valence-corrected chi connectivity index (χ1v) is 8.07. The molecule has 5 N–H and O–H groups in total. The lowest BCUT2D eigenvalue weighted by atomic mass is 10.1.